The molecule has 0 aromatic carbocycles. The van der Waals surface area contributed by atoms with Gasteiger partial charge in [-0.05, 0) is 25.5 Å². The summed E-state index contributed by atoms with van der Waals surface area (Å²) in [6.45, 7) is 7.69. The maximum Gasteiger partial charge on any atom is 0.246 e. The summed E-state index contributed by atoms with van der Waals surface area (Å²) in [5, 5.41) is 4.32. The van der Waals surface area contributed by atoms with Crippen molar-refractivity contribution in [3.8, 4) is 0 Å². The lowest BCUT2D eigenvalue weighted by molar-refractivity contribution is 0.180. The van der Waals surface area contributed by atoms with Gasteiger partial charge in [0.1, 0.15) is 4.90 Å². The number of rotatable bonds is 6. The second-order valence-corrected chi connectivity index (χ2v) is 8.25. The summed E-state index contributed by atoms with van der Waals surface area (Å²) in [7, 11) is -3.48. The molecule has 0 N–H and O–H groups in total. The third-order valence-corrected chi connectivity index (χ3v) is 6.42. The fourth-order valence-electron chi connectivity index (χ4n) is 3.08. The van der Waals surface area contributed by atoms with E-state index < -0.39 is 10.0 Å². The summed E-state index contributed by atoms with van der Waals surface area (Å²) in [5.74, 6) is 0. The van der Waals surface area contributed by atoms with Gasteiger partial charge in [-0.2, -0.15) is 9.40 Å². The van der Waals surface area contributed by atoms with Gasteiger partial charge in [-0.25, -0.2) is 8.42 Å². The summed E-state index contributed by atoms with van der Waals surface area (Å²) in [6.07, 6.45) is 4.37. The van der Waals surface area contributed by atoms with Gasteiger partial charge in [-0.1, -0.05) is 13.0 Å². The molecule has 2 aromatic rings. The van der Waals surface area contributed by atoms with Crippen LogP contribution in [0, 0.1) is 6.92 Å². The van der Waals surface area contributed by atoms with Crippen LogP contribution in [0.15, 0.2) is 35.5 Å². The van der Waals surface area contributed by atoms with Gasteiger partial charge in [0.2, 0.25) is 10.0 Å². The van der Waals surface area contributed by atoms with Crippen LogP contribution in [0.1, 0.15) is 24.7 Å². The van der Waals surface area contributed by atoms with Crippen molar-refractivity contribution in [1.29, 1.82) is 0 Å². The number of aromatic nitrogens is 3. The van der Waals surface area contributed by atoms with E-state index in [0.29, 0.717) is 36.8 Å². The molecule has 1 aliphatic heterocycles. The van der Waals surface area contributed by atoms with Crippen LogP contribution in [0.25, 0.3) is 0 Å². The molecule has 2 aromatic heterocycles. The summed E-state index contributed by atoms with van der Waals surface area (Å²) in [6, 6.07) is 5.86. The van der Waals surface area contributed by atoms with E-state index in [0.717, 1.165) is 25.2 Å². The average molecular weight is 363 g/mol. The van der Waals surface area contributed by atoms with E-state index in [1.165, 1.54) is 0 Å². The second kappa shape index (κ2) is 7.63. The van der Waals surface area contributed by atoms with Gasteiger partial charge < -0.3 is 0 Å². The maximum absolute atomic E-state index is 12.9. The monoisotopic (exact) mass is 363 g/mol. The van der Waals surface area contributed by atoms with E-state index >= 15 is 0 Å². The van der Waals surface area contributed by atoms with E-state index in [1.807, 2.05) is 25.1 Å². The Hall–Kier alpha value is -1.77. The minimum absolute atomic E-state index is 0.333. The number of aryl methyl sites for hydroxylation is 2. The molecule has 25 heavy (non-hydrogen) atoms. The first kappa shape index (κ1) is 18.0. The maximum atomic E-state index is 12.9. The Labute approximate surface area is 149 Å². The number of sulfonamides is 1. The van der Waals surface area contributed by atoms with Crippen molar-refractivity contribution in [3.05, 3.63) is 42.0 Å². The molecule has 1 aliphatic rings. The molecule has 7 nitrogen and oxygen atoms in total. The second-order valence-electron chi connectivity index (χ2n) is 6.34. The highest BCUT2D eigenvalue weighted by molar-refractivity contribution is 7.89. The van der Waals surface area contributed by atoms with E-state index in [9.17, 15) is 8.42 Å². The Morgan fingerprint density at radius 3 is 2.56 bits per heavy atom. The molecule has 0 unspecified atom stereocenters. The highest BCUT2D eigenvalue weighted by Gasteiger charge is 2.31. The molecular formula is C17H25N5O2S. The molecule has 0 bridgehead atoms. The summed E-state index contributed by atoms with van der Waals surface area (Å²) in [5.41, 5.74) is 1.58. The molecule has 0 aliphatic carbocycles. The first-order valence-corrected chi connectivity index (χ1v) is 10.1. The van der Waals surface area contributed by atoms with Crippen LogP contribution in [-0.4, -0.2) is 58.6 Å². The van der Waals surface area contributed by atoms with Gasteiger partial charge in [-0.3, -0.25) is 14.6 Å². The Kier molecular flexibility index (Phi) is 5.51. The normalized spacial score (nSPS) is 17.0. The number of pyridine rings is 1. The lowest BCUT2D eigenvalue weighted by Gasteiger charge is -2.33. The third-order valence-electron chi connectivity index (χ3n) is 4.41. The molecule has 0 amide bonds. The largest absolute Gasteiger partial charge is 0.295 e. The quantitative estimate of drug-likeness (QED) is 0.778. The van der Waals surface area contributed by atoms with E-state index in [2.05, 4.69) is 15.0 Å². The summed E-state index contributed by atoms with van der Waals surface area (Å²) in [4.78, 5) is 6.91. The van der Waals surface area contributed by atoms with Crippen LogP contribution in [0.5, 0.6) is 0 Å². The van der Waals surface area contributed by atoms with Crippen molar-refractivity contribution in [1.82, 2.24) is 24.0 Å². The van der Waals surface area contributed by atoms with Crippen LogP contribution in [0.3, 0.4) is 0 Å². The van der Waals surface area contributed by atoms with Crippen molar-refractivity contribution >= 4 is 10.0 Å². The highest BCUT2D eigenvalue weighted by atomic mass is 32.2. The predicted molar refractivity (Wildman–Crippen MR) is 95.5 cm³/mol. The fraction of sp³-hybridized carbons (Fsp3) is 0.529. The minimum Gasteiger partial charge on any atom is -0.295 e. The topological polar surface area (TPSA) is 71.3 Å². The summed E-state index contributed by atoms with van der Waals surface area (Å²) >= 11 is 0. The van der Waals surface area contributed by atoms with Crippen LogP contribution in [0.4, 0.5) is 0 Å². The average Bonchev–Trinajstić information content (AvgIpc) is 2.98. The molecule has 136 valence electrons. The van der Waals surface area contributed by atoms with Crippen LogP contribution in [-0.2, 0) is 23.1 Å². The number of nitrogens with zero attached hydrogens (tertiary/aromatic N) is 5. The summed E-state index contributed by atoms with van der Waals surface area (Å²) < 4.78 is 29.2. The highest BCUT2D eigenvalue weighted by Crippen LogP contribution is 2.21. The Bertz CT molecular complexity index is 796. The third kappa shape index (κ3) is 4.08. The lowest BCUT2D eigenvalue weighted by Crippen LogP contribution is -2.48. The standard InChI is InChI=1S/C17H25N5O2S/c1-3-8-21-14-17(15(2)19-21)25(23,24)22-11-9-20(10-12-22)13-16-6-4-5-7-18-16/h4-7,14H,3,8-13H2,1-2H3. The van der Waals surface area contributed by atoms with Gasteiger partial charge in [0.25, 0.3) is 0 Å². The van der Waals surface area contributed by atoms with E-state index in [4.69, 9.17) is 0 Å². The molecule has 3 rings (SSSR count). The van der Waals surface area contributed by atoms with Crippen LogP contribution >= 0.6 is 0 Å². The molecule has 0 saturated carbocycles. The zero-order valence-electron chi connectivity index (χ0n) is 14.8. The van der Waals surface area contributed by atoms with Crippen molar-refractivity contribution in [2.45, 2.75) is 38.3 Å². The number of hydrogen-bond donors (Lipinski definition) is 0. The van der Waals surface area contributed by atoms with E-state index in [-0.39, 0.29) is 0 Å². The Morgan fingerprint density at radius 1 is 1.16 bits per heavy atom. The smallest absolute Gasteiger partial charge is 0.246 e. The number of piperazine rings is 1. The van der Waals surface area contributed by atoms with Gasteiger partial charge in [0.15, 0.2) is 0 Å². The molecule has 3 heterocycles. The zero-order chi connectivity index (χ0) is 17.9. The van der Waals surface area contributed by atoms with Gasteiger partial charge >= 0.3 is 0 Å². The fourth-order valence-corrected chi connectivity index (χ4v) is 4.68. The van der Waals surface area contributed by atoms with Crippen molar-refractivity contribution in [3.63, 3.8) is 0 Å². The molecule has 0 spiro atoms. The predicted octanol–water partition coefficient (Wildman–Crippen LogP) is 1.50. The van der Waals surface area contributed by atoms with Crippen molar-refractivity contribution < 1.29 is 8.42 Å². The van der Waals surface area contributed by atoms with Crippen molar-refractivity contribution in [2.24, 2.45) is 0 Å². The van der Waals surface area contributed by atoms with Crippen LogP contribution < -0.4 is 0 Å². The first-order valence-electron chi connectivity index (χ1n) is 8.67. The zero-order valence-corrected chi connectivity index (χ0v) is 15.6. The van der Waals surface area contributed by atoms with Crippen LogP contribution in [0.2, 0.25) is 0 Å². The van der Waals surface area contributed by atoms with Crippen molar-refractivity contribution in [2.75, 3.05) is 26.2 Å². The molecule has 1 saturated heterocycles. The number of hydrogen-bond acceptors (Lipinski definition) is 5. The van der Waals surface area contributed by atoms with E-state index in [1.54, 1.807) is 28.3 Å². The van der Waals surface area contributed by atoms with Gasteiger partial charge in [0, 0.05) is 51.7 Å². The van der Waals surface area contributed by atoms with Gasteiger partial charge in [0.05, 0.1) is 11.4 Å². The first-order chi connectivity index (χ1) is 12.0. The molecular weight excluding hydrogens is 338 g/mol. The minimum atomic E-state index is -3.48. The molecule has 0 radical (unpaired) electrons. The SMILES string of the molecule is CCCn1cc(S(=O)(=O)N2CCN(Cc3ccccn3)CC2)c(C)n1. The molecule has 1 fully saturated rings. The van der Waals surface area contributed by atoms with Gasteiger partial charge in [-0.15, -0.1) is 0 Å². The molecule has 8 heteroatoms. The Morgan fingerprint density at radius 2 is 1.92 bits per heavy atom. The Balaban J connectivity index is 1.65. The molecule has 0 atom stereocenters. The lowest BCUT2D eigenvalue weighted by atomic mass is 10.3.